The third kappa shape index (κ3) is 4.62. The molecule has 0 bridgehead atoms. The Morgan fingerprint density at radius 3 is 2.77 bits per heavy atom. The third-order valence-corrected chi connectivity index (χ3v) is 4.79. The Morgan fingerprint density at radius 1 is 1.23 bits per heavy atom. The summed E-state index contributed by atoms with van der Waals surface area (Å²) in [5.74, 6) is 1.16. The van der Waals surface area contributed by atoms with Crippen molar-refractivity contribution < 1.29 is 9.53 Å². The molecule has 0 unspecified atom stereocenters. The van der Waals surface area contributed by atoms with Crippen LogP contribution in [0.3, 0.4) is 0 Å². The van der Waals surface area contributed by atoms with Gasteiger partial charge in [0.2, 0.25) is 5.91 Å². The number of hydrogen-bond acceptors (Lipinski definition) is 4. The van der Waals surface area contributed by atoms with E-state index in [4.69, 9.17) is 9.72 Å². The lowest BCUT2D eigenvalue weighted by molar-refractivity contribution is -0.116. The molecular formula is C20H30N4O2. The normalized spacial score (nSPS) is 15.5. The quantitative estimate of drug-likeness (QED) is 0.786. The number of rotatable bonds is 8. The molecule has 3 rings (SSSR count). The highest BCUT2D eigenvalue weighted by molar-refractivity contribution is 5.93. The number of anilines is 1. The number of morpholine rings is 1. The summed E-state index contributed by atoms with van der Waals surface area (Å²) in [6, 6.07) is 6.06. The minimum absolute atomic E-state index is 0.0609. The van der Waals surface area contributed by atoms with Crippen molar-refractivity contribution in [2.45, 2.75) is 52.6 Å². The average Bonchev–Trinajstić information content (AvgIpc) is 2.97. The molecule has 1 saturated heterocycles. The molecule has 0 saturated carbocycles. The minimum Gasteiger partial charge on any atom is -0.379 e. The van der Waals surface area contributed by atoms with Crippen molar-refractivity contribution in [3.63, 3.8) is 0 Å². The first-order valence-corrected chi connectivity index (χ1v) is 9.80. The first-order valence-electron chi connectivity index (χ1n) is 9.80. The molecule has 1 aliphatic rings. The molecule has 0 spiro atoms. The number of nitrogens with zero attached hydrogens (tertiary/aromatic N) is 3. The number of fused-ring (bicyclic) bond motifs is 1. The van der Waals surface area contributed by atoms with E-state index in [9.17, 15) is 4.79 Å². The fraction of sp³-hybridized carbons (Fsp3) is 0.600. The van der Waals surface area contributed by atoms with Gasteiger partial charge >= 0.3 is 0 Å². The zero-order valence-electron chi connectivity index (χ0n) is 16.0. The van der Waals surface area contributed by atoms with Crippen molar-refractivity contribution in [3.8, 4) is 0 Å². The van der Waals surface area contributed by atoms with Gasteiger partial charge in [-0.1, -0.05) is 20.3 Å². The van der Waals surface area contributed by atoms with Gasteiger partial charge in [-0.15, -0.1) is 0 Å². The fourth-order valence-electron chi connectivity index (χ4n) is 3.35. The summed E-state index contributed by atoms with van der Waals surface area (Å²) >= 11 is 0. The van der Waals surface area contributed by atoms with Gasteiger partial charge in [0.25, 0.3) is 0 Å². The predicted molar refractivity (Wildman–Crippen MR) is 104 cm³/mol. The summed E-state index contributed by atoms with van der Waals surface area (Å²) < 4.78 is 7.79. The molecular weight excluding hydrogens is 328 g/mol. The number of ether oxygens (including phenoxy) is 1. The number of nitrogens with one attached hydrogen (secondary N) is 1. The van der Waals surface area contributed by atoms with Crippen LogP contribution in [-0.4, -0.2) is 46.7 Å². The third-order valence-electron chi connectivity index (χ3n) is 4.79. The second-order valence-electron chi connectivity index (χ2n) is 6.92. The molecule has 0 atom stereocenters. The summed E-state index contributed by atoms with van der Waals surface area (Å²) in [7, 11) is 0. The maximum Gasteiger partial charge on any atom is 0.224 e. The Hall–Kier alpha value is -1.92. The number of aryl methyl sites for hydroxylation is 1. The van der Waals surface area contributed by atoms with Crippen molar-refractivity contribution in [1.29, 1.82) is 0 Å². The monoisotopic (exact) mass is 358 g/mol. The highest BCUT2D eigenvalue weighted by atomic mass is 16.5. The van der Waals surface area contributed by atoms with E-state index < -0.39 is 0 Å². The van der Waals surface area contributed by atoms with Crippen LogP contribution in [0.15, 0.2) is 18.2 Å². The van der Waals surface area contributed by atoms with Crippen molar-refractivity contribution in [3.05, 3.63) is 24.0 Å². The van der Waals surface area contributed by atoms with Crippen molar-refractivity contribution in [2.24, 2.45) is 0 Å². The van der Waals surface area contributed by atoms with Gasteiger partial charge in [-0.3, -0.25) is 9.69 Å². The van der Waals surface area contributed by atoms with Crippen LogP contribution >= 0.6 is 0 Å². The summed E-state index contributed by atoms with van der Waals surface area (Å²) in [6.07, 6.45) is 3.69. The average molecular weight is 358 g/mol. The highest BCUT2D eigenvalue weighted by Crippen LogP contribution is 2.23. The summed E-state index contributed by atoms with van der Waals surface area (Å²) in [4.78, 5) is 19.2. The van der Waals surface area contributed by atoms with Crippen LogP contribution in [0, 0.1) is 0 Å². The largest absolute Gasteiger partial charge is 0.379 e. The zero-order chi connectivity index (χ0) is 18.4. The van der Waals surface area contributed by atoms with Crippen LogP contribution in [-0.2, 0) is 22.6 Å². The molecule has 1 N–H and O–H groups in total. The van der Waals surface area contributed by atoms with Crippen LogP contribution in [0.2, 0.25) is 0 Å². The number of benzene rings is 1. The van der Waals surface area contributed by atoms with Gasteiger partial charge in [-0.2, -0.15) is 0 Å². The van der Waals surface area contributed by atoms with Gasteiger partial charge in [0.15, 0.2) is 0 Å². The number of amides is 1. The van der Waals surface area contributed by atoms with Crippen LogP contribution in [0.5, 0.6) is 0 Å². The zero-order valence-corrected chi connectivity index (χ0v) is 16.0. The van der Waals surface area contributed by atoms with Crippen molar-refractivity contribution >= 4 is 22.6 Å². The summed E-state index contributed by atoms with van der Waals surface area (Å²) in [5.41, 5.74) is 2.93. The second-order valence-corrected chi connectivity index (χ2v) is 6.92. The van der Waals surface area contributed by atoms with Gasteiger partial charge < -0.3 is 14.6 Å². The molecule has 2 heterocycles. The Labute approximate surface area is 155 Å². The molecule has 1 aromatic carbocycles. The molecule has 1 aromatic heterocycles. The number of carbonyl (C=O) groups is 1. The smallest absolute Gasteiger partial charge is 0.224 e. The Kier molecular flexibility index (Phi) is 6.63. The van der Waals surface area contributed by atoms with E-state index in [0.717, 1.165) is 81.2 Å². The SMILES string of the molecule is CCCCn1c(CN2CCOCC2)nc2cc(NC(=O)CCC)ccc21. The molecule has 6 heteroatoms. The van der Waals surface area contributed by atoms with Gasteiger partial charge in [0.05, 0.1) is 30.8 Å². The first-order chi connectivity index (χ1) is 12.7. The minimum atomic E-state index is 0.0609. The van der Waals surface area contributed by atoms with E-state index in [1.807, 2.05) is 19.1 Å². The molecule has 2 aromatic rings. The fourth-order valence-corrected chi connectivity index (χ4v) is 3.35. The molecule has 0 radical (unpaired) electrons. The number of aromatic nitrogens is 2. The molecule has 1 fully saturated rings. The molecule has 1 aliphatic heterocycles. The second kappa shape index (κ2) is 9.14. The van der Waals surface area contributed by atoms with Crippen molar-refractivity contribution in [1.82, 2.24) is 14.5 Å². The van der Waals surface area contributed by atoms with Gasteiger partial charge in [-0.25, -0.2) is 4.98 Å². The Morgan fingerprint density at radius 2 is 2.04 bits per heavy atom. The lowest BCUT2D eigenvalue weighted by Gasteiger charge is -2.26. The molecule has 6 nitrogen and oxygen atoms in total. The van der Waals surface area contributed by atoms with E-state index in [1.165, 1.54) is 0 Å². The lowest BCUT2D eigenvalue weighted by atomic mass is 10.2. The molecule has 142 valence electrons. The van der Waals surface area contributed by atoms with E-state index >= 15 is 0 Å². The lowest BCUT2D eigenvalue weighted by Crippen LogP contribution is -2.36. The number of hydrogen-bond donors (Lipinski definition) is 1. The van der Waals surface area contributed by atoms with Crippen LogP contribution < -0.4 is 5.32 Å². The standard InChI is InChI=1S/C20H30N4O2/c1-3-5-9-24-18-8-7-16(21-20(25)6-4-2)14-17(18)22-19(24)15-23-10-12-26-13-11-23/h7-8,14H,3-6,9-13,15H2,1-2H3,(H,21,25). The Balaban J connectivity index is 1.85. The van der Waals surface area contributed by atoms with E-state index in [1.54, 1.807) is 0 Å². The van der Waals surface area contributed by atoms with Gasteiger partial charge in [-0.05, 0) is 31.0 Å². The maximum absolute atomic E-state index is 11.9. The van der Waals surface area contributed by atoms with Crippen LogP contribution in [0.25, 0.3) is 11.0 Å². The summed E-state index contributed by atoms with van der Waals surface area (Å²) in [6.45, 7) is 9.54. The van der Waals surface area contributed by atoms with Gasteiger partial charge in [0, 0.05) is 31.7 Å². The molecule has 26 heavy (non-hydrogen) atoms. The molecule has 0 aliphatic carbocycles. The van der Waals surface area contributed by atoms with E-state index in [2.05, 4.69) is 27.8 Å². The van der Waals surface area contributed by atoms with Gasteiger partial charge in [0.1, 0.15) is 5.82 Å². The van der Waals surface area contributed by atoms with Crippen LogP contribution in [0.4, 0.5) is 5.69 Å². The predicted octanol–water partition coefficient (Wildman–Crippen LogP) is 3.41. The number of imidazole rings is 1. The highest BCUT2D eigenvalue weighted by Gasteiger charge is 2.17. The van der Waals surface area contributed by atoms with E-state index in [-0.39, 0.29) is 5.91 Å². The number of carbonyl (C=O) groups excluding carboxylic acids is 1. The number of unbranched alkanes of at least 4 members (excludes halogenated alkanes) is 1. The Bertz CT molecular complexity index is 735. The first kappa shape index (κ1) is 18.9. The van der Waals surface area contributed by atoms with Crippen LogP contribution in [0.1, 0.15) is 45.4 Å². The van der Waals surface area contributed by atoms with Crippen molar-refractivity contribution in [2.75, 3.05) is 31.6 Å². The topological polar surface area (TPSA) is 59.4 Å². The van der Waals surface area contributed by atoms with E-state index in [0.29, 0.717) is 6.42 Å². The maximum atomic E-state index is 11.9. The summed E-state index contributed by atoms with van der Waals surface area (Å²) in [5, 5.41) is 2.97. The molecule has 1 amide bonds.